The van der Waals surface area contributed by atoms with Crippen LogP contribution in [0.1, 0.15) is 24.8 Å². The van der Waals surface area contributed by atoms with Crippen molar-refractivity contribution in [3.63, 3.8) is 0 Å². The van der Waals surface area contributed by atoms with Crippen LogP contribution in [-0.4, -0.2) is 18.6 Å². The van der Waals surface area contributed by atoms with Crippen LogP contribution in [-0.2, 0) is 11.3 Å². The predicted octanol–water partition coefficient (Wildman–Crippen LogP) is 4.86. The number of likely N-dealkylation sites (N-methyl/N-ethyl adjacent to an activating group) is 1. The maximum absolute atomic E-state index is 14.9. The molecule has 130 valence electrons. The molecular formula is C19H17F3N2O. The first-order valence-corrected chi connectivity index (χ1v) is 8.04. The molecule has 25 heavy (non-hydrogen) atoms. The Hall–Kier alpha value is -2.50. The first-order valence-electron chi connectivity index (χ1n) is 8.04. The van der Waals surface area contributed by atoms with Crippen LogP contribution in [0.4, 0.5) is 18.9 Å². The van der Waals surface area contributed by atoms with Crippen molar-refractivity contribution in [3.05, 3.63) is 59.7 Å². The van der Waals surface area contributed by atoms with Crippen LogP contribution in [0.2, 0.25) is 0 Å². The van der Waals surface area contributed by atoms with E-state index in [-0.39, 0.29) is 0 Å². The van der Waals surface area contributed by atoms with E-state index in [4.69, 9.17) is 4.42 Å². The smallest absolute Gasteiger partial charge is 0.323 e. The van der Waals surface area contributed by atoms with E-state index in [1.165, 1.54) is 12.1 Å². The number of fused-ring (bicyclic) bond motifs is 2. The molecule has 1 aliphatic rings. The summed E-state index contributed by atoms with van der Waals surface area (Å²) >= 11 is 0. The number of alkyl halides is 2. The Labute approximate surface area is 143 Å². The van der Waals surface area contributed by atoms with Crippen molar-refractivity contribution in [1.29, 1.82) is 0 Å². The molecule has 3 nitrogen and oxygen atoms in total. The molecule has 0 saturated heterocycles. The van der Waals surface area contributed by atoms with Gasteiger partial charge in [-0.05, 0) is 35.9 Å². The molecule has 0 fully saturated rings. The topological polar surface area (TPSA) is 29.3 Å². The van der Waals surface area contributed by atoms with Gasteiger partial charge >= 0.3 is 5.92 Å². The van der Waals surface area contributed by atoms with Crippen LogP contribution in [0.3, 0.4) is 0 Å². The van der Waals surface area contributed by atoms with E-state index in [9.17, 15) is 13.2 Å². The van der Waals surface area contributed by atoms with Crippen molar-refractivity contribution in [3.8, 4) is 0 Å². The molecule has 1 atom stereocenters. The molecule has 2 aromatic carbocycles. The Morgan fingerprint density at radius 1 is 1.24 bits per heavy atom. The zero-order valence-electron chi connectivity index (χ0n) is 13.9. The highest BCUT2D eigenvalue weighted by Gasteiger charge is 2.49. The first kappa shape index (κ1) is 16.0. The second-order valence-corrected chi connectivity index (χ2v) is 6.95. The van der Waals surface area contributed by atoms with Gasteiger partial charge < -0.3 is 9.32 Å². The number of benzene rings is 2. The van der Waals surface area contributed by atoms with Crippen LogP contribution in [0, 0.1) is 5.82 Å². The zero-order chi connectivity index (χ0) is 17.8. The second-order valence-electron chi connectivity index (χ2n) is 6.95. The van der Waals surface area contributed by atoms with Gasteiger partial charge in [-0.15, -0.1) is 0 Å². The third-order valence-corrected chi connectivity index (χ3v) is 4.83. The first-order chi connectivity index (χ1) is 11.8. The Morgan fingerprint density at radius 3 is 2.76 bits per heavy atom. The summed E-state index contributed by atoms with van der Waals surface area (Å²) in [7, 11) is 1.82. The lowest BCUT2D eigenvalue weighted by Crippen LogP contribution is -2.34. The van der Waals surface area contributed by atoms with Gasteiger partial charge in [-0.2, -0.15) is 8.78 Å². The highest BCUT2D eigenvalue weighted by atomic mass is 19.3. The van der Waals surface area contributed by atoms with Gasteiger partial charge in [0.1, 0.15) is 11.3 Å². The second kappa shape index (κ2) is 5.25. The number of oxazole rings is 1. The number of hydrogen-bond donors (Lipinski definition) is 0. The van der Waals surface area contributed by atoms with Gasteiger partial charge in [-0.3, -0.25) is 0 Å². The molecule has 4 rings (SSSR count). The minimum Gasteiger partial charge on any atom is -0.435 e. The maximum atomic E-state index is 14.9. The van der Waals surface area contributed by atoms with Crippen LogP contribution in [0.15, 0.2) is 46.9 Å². The highest BCUT2D eigenvalue weighted by Crippen LogP contribution is 2.48. The number of rotatable bonds is 3. The molecule has 0 saturated carbocycles. The van der Waals surface area contributed by atoms with Gasteiger partial charge in [0.25, 0.3) is 5.89 Å². The number of anilines is 1. The molecule has 0 N–H and O–H groups in total. The lowest BCUT2D eigenvalue weighted by Gasteiger charge is -2.28. The van der Waals surface area contributed by atoms with Crippen LogP contribution in [0.5, 0.6) is 0 Å². The molecule has 1 aliphatic heterocycles. The van der Waals surface area contributed by atoms with Gasteiger partial charge in [0.2, 0.25) is 0 Å². The highest BCUT2D eigenvalue weighted by molar-refractivity contribution is 5.72. The number of para-hydroxylation sites is 2. The summed E-state index contributed by atoms with van der Waals surface area (Å²) in [6.45, 7) is 2.10. The molecule has 0 amide bonds. The van der Waals surface area contributed by atoms with Gasteiger partial charge in [0.15, 0.2) is 5.58 Å². The van der Waals surface area contributed by atoms with Gasteiger partial charge in [-0.1, -0.05) is 19.1 Å². The van der Waals surface area contributed by atoms with E-state index < -0.39 is 29.5 Å². The van der Waals surface area contributed by atoms with Crippen molar-refractivity contribution in [1.82, 2.24) is 4.98 Å². The summed E-state index contributed by atoms with van der Waals surface area (Å²) in [6.07, 6.45) is -0.506. The molecule has 1 aromatic heterocycles. The zero-order valence-corrected chi connectivity index (χ0v) is 13.9. The summed E-state index contributed by atoms with van der Waals surface area (Å²) in [5, 5.41) is 0. The molecule has 1 unspecified atom stereocenters. The van der Waals surface area contributed by atoms with Crippen LogP contribution in [0.25, 0.3) is 11.1 Å². The maximum Gasteiger partial charge on any atom is 0.323 e. The molecule has 2 heterocycles. The lowest BCUT2D eigenvalue weighted by atomic mass is 9.79. The van der Waals surface area contributed by atoms with E-state index in [2.05, 4.69) is 4.98 Å². The van der Waals surface area contributed by atoms with Crippen LogP contribution >= 0.6 is 0 Å². The Kier molecular flexibility index (Phi) is 3.36. The molecular weight excluding hydrogens is 329 g/mol. The molecule has 0 spiro atoms. The Morgan fingerprint density at radius 2 is 2.00 bits per heavy atom. The van der Waals surface area contributed by atoms with E-state index in [0.29, 0.717) is 23.2 Å². The van der Waals surface area contributed by atoms with E-state index >= 15 is 0 Å². The quantitative estimate of drug-likeness (QED) is 0.678. The number of halogens is 3. The minimum atomic E-state index is -3.26. The largest absolute Gasteiger partial charge is 0.435 e. The Bertz CT molecular complexity index is 920. The molecule has 0 aliphatic carbocycles. The number of nitrogens with zero attached hydrogens (tertiary/aromatic N) is 2. The van der Waals surface area contributed by atoms with Crippen molar-refractivity contribution in [2.75, 3.05) is 18.5 Å². The number of hydrogen-bond acceptors (Lipinski definition) is 3. The van der Waals surface area contributed by atoms with Crippen molar-refractivity contribution >= 4 is 16.8 Å². The van der Waals surface area contributed by atoms with Crippen molar-refractivity contribution in [2.45, 2.75) is 24.7 Å². The van der Waals surface area contributed by atoms with E-state index in [1.807, 2.05) is 11.9 Å². The molecule has 3 aromatic rings. The van der Waals surface area contributed by atoms with Crippen LogP contribution < -0.4 is 4.90 Å². The summed E-state index contributed by atoms with van der Waals surface area (Å²) in [4.78, 5) is 5.82. The lowest BCUT2D eigenvalue weighted by molar-refractivity contribution is -0.0543. The van der Waals surface area contributed by atoms with Crippen molar-refractivity contribution < 1.29 is 17.6 Å². The van der Waals surface area contributed by atoms with E-state index in [1.54, 1.807) is 37.3 Å². The molecule has 0 radical (unpaired) electrons. The monoisotopic (exact) mass is 346 g/mol. The number of aromatic nitrogens is 1. The summed E-state index contributed by atoms with van der Waals surface area (Å²) in [6, 6.07) is 11.0. The van der Waals surface area contributed by atoms with Gasteiger partial charge in [-0.25, -0.2) is 9.37 Å². The third-order valence-electron chi connectivity index (χ3n) is 4.83. The Balaban J connectivity index is 1.72. The molecule has 0 bridgehead atoms. The fraction of sp³-hybridized carbons (Fsp3) is 0.316. The predicted molar refractivity (Wildman–Crippen MR) is 89.5 cm³/mol. The summed E-state index contributed by atoms with van der Waals surface area (Å²) in [5.41, 5.74) is 1.19. The average molecular weight is 346 g/mol. The summed E-state index contributed by atoms with van der Waals surface area (Å²) in [5.74, 6) is -4.28. The third kappa shape index (κ3) is 2.56. The van der Waals surface area contributed by atoms with E-state index in [0.717, 1.165) is 5.69 Å². The SMILES string of the molecule is CN1CC(C)(CC(F)(F)c2nc3ccccc3o2)c2cc(F)ccc21. The van der Waals surface area contributed by atoms with Gasteiger partial charge in [0, 0.05) is 31.1 Å². The normalized spacial score (nSPS) is 20.3. The summed E-state index contributed by atoms with van der Waals surface area (Å²) < 4.78 is 48.9. The fourth-order valence-corrected chi connectivity index (χ4v) is 3.76. The van der Waals surface area contributed by atoms with Gasteiger partial charge in [0.05, 0.1) is 0 Å². The minimum absolute atomic E-state index is 0.331. The fourth-order valence-electron chi connectivity index (χ4n) is 3.76. The van der Waals surface area contributed by atoms with Crippen molar-refractivity contribution in [2.24, 2.45) is 0 Å². The molecule has 6 heteroatoms. The average Bonchev–Trinajstić information content (AvgIpc) is 3.07. The standard InChI is InChI=1S/C19H17F3N2O/c1-18(11-24(2)15-8-7-12(20)9-13(15)18)10-19(21,22)17-23-14-5-3-4-6-16(14)25-17/h3-9H,10-11H2,1-2H3.